The van der Waals surface area contributed by atoms with Crippen molar-refractivity contribution in [3.05, 3.63) is 36.4 Å². The average molecular weight is 319 g/mol. The first kappa shape index (κ1) is 18.7. The normalized spacial score (nSPS) is 10.9. The van der Waals surface area contributed by atoms with E-state index in [0.717, 1.165) is 5.57 Å². The maximum absolute atomic E-state index is 12.2. The van der Waals surface area contributed by atoms with E-state index in [2.05, 4.69) is 11.9 Å². The van der Waals surface area contributed by atoms with E-state index in [0.29, 0.717) is 30.9 Å². The molecule has 0 heterocycles. The number of hydrogen-bond acceptors (Lipinski definition) is 3. The van der Waals surface area contributed by atoms with Crippen LogP contribution in [0.15, 0.2) is 36.4 Å². The van der Waals surface area contributed by atoms with Gasteiger partial charge in [-0.15, -0.1) is 0 Å². The molecule has 0 spiro atoms. The van der Waals surface area contributed by atoms with E-state index in [1.54, 1.807) is 38.1 Å². The van der Waals surface area contributed by atoms with Gasteiger partial charge in [-0.05, 0) is 37.5 Å². The lowest BCUT2D eigenvalue weighted by molar-refractivity contribution is -0.151. The van der Waals surface area contributed by atoms with E-state index in [9.17, 15) is 14.7 Å². The molecule has 1 aromatic carbocycles. The molecule has 0 unspecified atom stereocenters. The fraction of sp³-hybridized carbons (Fsp3) is 0.444. The summed E-state index contributed by atoms with van der Waals surface area (Å²) in [7, 11) is 0. The van der Waals surface area contributed by atoms with Gasteiger partial charge in [0.25, 0.3) is 0 Å². The topological polar surface area (TPSA) is 75.6 Å². The Kier molecular flexibility index (Phi) is 6.82. The largest absolute Gasteiger partial charge is 0.489 e. The van der Waals surface area contributed by atoms with Crippen molar-refractivity contribution < 1.29 is 19.4 Å². The van der Waals surface area contributed by atoms with Crippen LogP contribution in [0.3, 0.4) is 0 Å². The number of carbonyl (C=O) groups is 2. The van der Waals surface area contributed by atoms with Gasteiger partial charge in [-0.3, -0.25) is 9.59 Å². The number of nitrogens with one attached hydrogen (secondary N) is 1. The second kappa shape index (κ2) is 8.36. The number of ether oxygens (including phenoxy) is 1. The highest BCUT2D eigenvalue weighted by Crippen LogP contribution is 2.31. The smallest absolute Gasteiger partial charge is 0.310 e. The molecule has 0 fully saturated rings. The summed E-state index contributed by atoms with van der Waals surface area (Å²) in [6.45, 7) is 9.62. The molecule has 23 heavy (non-hydrogen) atoms. The Hall–Kier alpha value is -2.30. The second-order valence-electron chi connectivity index (χ2n) is 5.79. The summed E-state index contributed by atoms with van der Waals surface area (Å²) in [5, 5.41) is 12.1. The predicted octanol–water partition coefficient (Wildman–Crippen LogP) is 3.86. The van der Waals surface area contributed by atoms with Gasteiger partial charge in [0.15, 0.2) is 0 Å². The van der Waals surface area contributed by atoms with E-state index >= 15 is 0 Å². The van der Waals surface area contributed by atoms with Gasteiger partial charge in [-0.1, -0.05) is 26.5 Å². The lowest BCUT2D eigenvalue weighted by Gasteiger charge is -2.25. The SMILES string of the molecule is C=C(C)COc1cccc(NC(=O)CC(CC)(CC)C(=O)O)c1. The minimum Gasteiger partial charge on any atom is -0.489 e. The molecule has 126 valence electrons. The van der Waals surface area contributed by atoms with E-state index < -0.39 is 11.4 Å². The average Bonchev–Trinajstić information content (AvgIpc) is 2.50. The lowest BCUT2D eigenvalue weighted by atomic mass is 9.79. The Balaban J connectivity index is 2.75. The quantitative estimate of drug-likeness (QED) is 0.678. The third-order valence-corrected chi connectivity index (χ3v) is 3.91. The molecule has 0 bridgehead atoms. The summed E-state index contributed by atoms with van der Waals surface area (Å²) < 4.78 is 5.53. The van der Waals surface area contributed by atoms with Crippen molar-refractivity contribution in [1.82, 2.24) is 0 Å². The van der Waals surface area contributed by atoms with E-state index in [1.165, 1.54) is 0 Å². The molecule has 0 aliphatic carbocycles. The number of amides is 1. The van der Waals surface area contributed by atoms with Crippen molar-refractivity contribution in [3.63, 3.8) is 0 Å². The van der Waals surface area contributed by atoms with Gasteiger partial charge in [-0.2, -0.15) is 0 Å². The molecule has 1 aromatic rings. The molecule has 0 aromatic heterocycles. The molecule has 0 aliphatic rings. The van der Waals surface area contributed by atoms with Gasteiger partial charge in [0, 0.05) is 18.2 Å². The molecule has 0 saturated carbocycles. The molecule has 1 rings (SSSR count). The number of rotatable bonds is 9. The number of hydrogen-bond donors (Lipinski definition) is 2. The number of aliphatic carboxylic acids is 1. The zero-order valence-corrected chi connectivity index (χ0v) is 14.0. The lowest BCUT2D eigenvalue weighted by Crippen LogP contribution is -2.34. The van der Waals surface area contributed by atoms with Crippen molar-refractivity contribution in [2.45, 2.75) is 40.0 Å². The highest BCUT2D eigenvalue weighted by molar-refractivity contribution is 5.94. The summed E-state index contributed by atoms with van der Waals surface area (Å²) in [4.78, 5) is 23.7. The molecule has 5 heteroatoms. The molecule has 0 aliphatic heterocycles. The van der Waals surface area contributed by atoms with Crippen LogP contribution in [0.25, 0.3) is 0 Å². The Morgan fingerprint density at radius 2 is 1.96 bits per heavy atom. The molecular weight excluding hydrogens is 294 g/mol. The number of carboxylic acid groups (broad SMARTS) is 1. The Bertz CT molecular complexity index is 576. The first-order chi connectivity index (χ1) is 10.8. The predicted molar refractivity (Wildman–Crippen MR) is 90.6 cm³/mol. The second-order valence-corrected chi connectivity index (χ2v) is 5.79. The van der Waals surface area contributed by atoms with Gasteiger partial charge >= 0.3 is 5.97 Å². The first-order valence-corrected chi connectivity index (χ1v) is 7.73. The summed E-state index contributed by atoms with van der Waals surface area (Å²) in [6.07, 6.45) is 0.772. The van der Waals surface area contributed by atoms with Crippen LogP contribution in [-0.2, 0) is 9.59 Å². The van der Waals surface area contributed by atoms with E-state index in [4.69, 9.17) is 4.74 Å². The highest BCUT2D eigenvalue weighted by Gasteiger charge is 2.37. The third kappa shape index (κ3) is 5.43. The highest BCUT2D eigenvalue weighted by atomic mass is 16.5. The van der Waals surface area contributed by atoms with Gasteiger partial charge in [-0.25, -0.2) is 0 Å². The van der Waals surface area contributed by atoms with Crippen LogP contribution in [0.1, 0.15) is 40.0 Å². The fourth-order valence-corrected chi connectivity index (χ4v) is 2.26. The van der Waals surface area contributed by atoms with Crippen molar-refractivity contribution >= 4 is 17.6 Å². The minimum absolute atomic E-state index is 0.0494. The zero-order valence-electron chi connectivity index (χ0n) is 14.0. The zero-order chi connectivity index (χ0) is 17.5. The molecule has 0 atom stereocenters. The van der Waals surface area contributed by atoms with Gasteiger partial charge in [0.05, 0.1) is 5.41 Å². The van der Waals surface area contributed by atoms with Gasteiger partial charge in [0.1, 0.15) is 12.4 Å². The van der Waals surface area contributed by atoms with Crippen molar-refractivity contribution in [2.75, 3.05) is 11.9 Å². The molecule has 2 N–H and O–H groups in total. The number of anilines is 1. The van der Waals surface area contributed by atoms with Gasteiger partial charge in [0.2, 0.25) is 5.91 Å². The number of benzene rings is 1. The van der Waals surface area contributed by atoms with Crippen LogP contribution < -0.4 is 10.1 Å². The third-order valence-electron chi connectivity index (χ3n) is 3.91. The van der Waals surface area contributed by atoms with Crippen LogP contribution >= 0.6 is 0 Å². The van der Waals surface area contributed by atoms with Gasteiger partial charge < -0.3 is 15.2 Å². The summed E-state index contributed by atoms with van der Waals surface area (Å²) in [5.41, 5.74) is 0.468. The maximum atomic E-state index is 12.2. The summed E-state index contributed by atoms with van der Waals surface area (Å²) in [5.74, 6) is -0.620. The minimum atomic E-state index is -1.02. The Morgan fingerprint density at radius 3 is 2.48 bits per heavy atom. The fourth-order valence-electron chi connectivity index (χ4n) is 2.26. The first-order valence-electron chi connectivity index (χ1n) is 7.73. The molecule has 1 amide bonds. The number of carbonyl (C=O) groups excluding carboxylic acids is 1. The Labute approximate surface area is 137 Å². The summed E-state index contributed by atoms with van der Waals surface area (Å²) in [6, 6.07) is 7.01. The van der Waals surface area contributed by atoms with Crippen LogP contribution in [-0.4, -0.2) is 23.6 Å². The monoisotopic (exact) mass is 319 g/mol. The Morgan fingerprint density at radius 1 is 1.30 bits per heavy atom. The van der Waals surface area contributed by atoms with Crippen LogP contribution in [0.2, 0.25) is 0 Å². The molecule has 0 saturated heterocycles. The maximum Gasteiger partial charge on any atom is 0.310 e. The van der Waals surface area contributed by atoms with Crippen LogP contribution in [0.4, 0.5) is 5.69 Å². The van der Waals surface area contributed by atoms with Crippen LogP contribution in [0.5, 0.6) is 5.75 Å². The van der Waals surface area contributed by atoms with Crippen molar-refractivity contribution in [3.8, 4) is 5.75 Å². The summed E-state index contributed by atoms with van der Waals surface area (Å²) >= 11 is 0. The molecule has 5 nitrogen and oxygen atoms in total. The van der Waals surface area contributed by atoms with Crippen LogP contribution in [0, 0.1) is 5.41 Å². The van der Waals surface area contributed by atoms with E-state index in [1.807, 2.05) is 6.92 Å². The van der Waals surface area contributed by atoms with Crippen molar-refractivity contribution in [2.24, 2.45) is 5.41 Å². The number of carboxylic acids is 1. The van der Waals surface area contributed by atoms with E-state index in [-0.39, 0.29) is 12.3 Å². The molecule has 0 radical (unpaired) electrons. The standard InChI is InChI=1S/C18H25NO4/c1-5-18(6-2,17(21)22)11-16(20)19-14-8-7-9-15(10-14)23-12-13(3)4/h7-10H,3,5-6,11-12H2,1-2,4H3,(H,19,20)(H,21,22). The molecular formula is C18H25NO4. The van der Waals surface area contributed by atoms with Crippen molar-refractivity contribution in [1.29, 1.82) is 0 Å².